The summed E-state index contributed by atoms with van der Waals surface area (Å²) in [4.78, 5) is 9.70. The van der Waals surface area contributed by atoms with E-state index in [1.807, 2.05) is 0 Å². The maximum atomic E-state index is 10.3. The van der Waals surface area contributed by atoms with Crippen LogP contribution in [0.1, 0.15) is 5.76 Å². The molecule has 1 fully saturated rings. The Balaban J connectivity index is 2.05. The monoisotopic (exact) mass is 224 g/mol. The Morgan fingerprint density at radius 2 is 2.44 bits per heavy atom. The number of hydrogen-bond donors (Lipinski definition) is 1. The van der Waals surface area contributed by atoms with Crippen molar-refractivity contribution in [1.29, 1.82) is 5.41 Å². The van der Waals surface area contributed by atoms with Crippen molar-refractivity contribution in [3.05, 3.63) is 28.0 Å². The molecule has 2 rings (SSSR count). The van der Waals surface area contributed by atoms with E-state index in [9.17, 15) is 10.1 Å². The van der Waals surface area contributed by atoms with Crippen LogP contribution in [-0.4, -0.2) is 35.3 Å². The van der Waals surface area contributed by atoms with Gasteiger partial charge in [-0.2, -0.15) is 5.10 Å². The van der Waals surface area contributed by atoms with E-state index < -0.39 is 4.92 Å². The molecule has 1 N–H and O–H groups in total. The van der Waals surface area contributed by atoms with Gasteiger partial charge in [0.2, 0.25) is 0 Å². The van der Waals surface area contributed by atoms with Crippen LogP contribution in [-0.2, 0) is 4.74 Å². The van der Waals surface area contributed by atoms with Crippen molar-refractivity contribution in [2.24, 2.45) is 5.10 Å². The maximum Gasteiger partial charge on any atom is 0.433 e. The van der Waals surface area contributed by atoms with Crippen molar-refractivity contribution in [2.45, 2.75) is 0 Å². The van der Waals surface area contributed by atoms with Gasteiger partial charge in [0.05, 0.1) is 18.8 Å². The fourth-order valence-corrected chi connectivity index (χ4v) is 1.15. The molecule has 2 heterocycles. The topological polar surface area (TPSA) is 105 Å². The van der Waals surface area contributed by atoms with E-state index in [1.165, 1.54) is 23.4 Å². The third-order valence-electron chi connectivity index (χ3n) is 1.89. The van der Waals surface area contributed by atoms with Crippen molar-refractivity contribution in [3.63, 3.8) is 0 Å². The Kier molecular flexibility index (Phi) is 2.54. The second-order valence-electron chi connectivity index (χ2n) is 2.95. The largest absolute Gasteiger partial charge is 0.462 e. The summed E-state index contributed by atoms with van der Waals surface area (Å²) >= 11 is 0. The third kappa shape index (κ3) is 2.00. The molecule has 0 unspecified atom stereocenters. The lowest BCUT2D eigenvalue weighted by atomic mass is 10.5. The van der Waals surface area contributed by atoms with Crippen LogP contribution in [0.3, 0.4) is 0 Å². The number of nitro groups is 1. The van der Waals surface area contributed by atoms with Gasteiger partial charge in [0.25, 0.3) is 0 Å². The number of hydrogen-bond acceptors (Lipinski definition) is 6. The Morgan fingerprint density at radius 3 is 3.00 bits per heavy atom. The number of ether oxygens (including phenoxy) is 1. The minimum Gasteiger partial charge on any atom is -0.462 e. The molecule has 1 aliphatic heterocycles. The van der Waals surface area contributed by atoms with Crippen molar-refractivity contribution < 1.29 is 14.1 Å². The molecule has 8 heteroatoms. The standard InChI is InChI=1S/C8H8N4O4/c9-8-11(3-4-15-8)10-5-6-1-2-7(16-6)12(13)14/h1-2,5,9H,3-4H2. The molecule has 1 saturated heterocycles. The number of rotatable bonds is 3. The predicted molar refractivity (Wildman–Crippen MR) is 53.3 cm³/mol. The van der Waals surface area contributed by atoms with Crippen molar-refractivity contribution >= 4 is 18.1 Å². The molecule has 0 aliphatic carbocycles. The molecular weight excluding hydrogens is 216 g/mol. The van der Waals surface area contributed by atoms with Crippen LogP contribution in [0.5, 0.6) is 0 Å². The minimum atomic E-state index is -0.627. The normalized spacial score (nSPS) is 15.8. The van der Waals surface area contributed by atoms with E-state index in [4.69, 9.17) is 14.6 Å². The quantitative estimate of drug-likeness (QED) is 0.464. The molecular formula is C8H8N4O4. The summed E-state index contributed by atoms with van der Waals surface area (Å²) < 4.78 is 9.71. The van der Waals surface area contributed by atoms with Gasteiger partial charge in [-0.15, -0.1) is 0 Å². The lowest BCUT2D eigenvalue weighted by Gasteiger charge is -2.04. The van der Waals surface area contributed by atoms with Gasteiger partial charge < -0.3 is 9.15 Å². The van der Waals surface area contributed by atoms with Gasteiger partial charge in [-0.25, -0.2) is 10.4 Å². The minimum absolute atomic E-state index is 0.0442. The summed E-state index contributed by atoms with van der Waals surface area (Å²) in [6, 6.07) is 2.63. The summed E-state index contributed by atoms with van der Waals surface area (Å²) in [7, 11) is 0. The van der Waals surface area contributed by atoms with Crippen LogP contribution in [0, 0.1) is 15.5 Å². The molecule has 1 aromatic rings. The molecule has 84 valence electrons. The Hall–Kier alpha value is -2.38. The molecule has 1 aromatic heterocycles. The Labute approximate surface area is 89.8 Å². The number of amidine groups is 1. The van der Waals surface area contributed by atoms with Crippen molar-refractivity contribution in [1.82, 2.24) is 5.01 Å². The van der Waals surface area contributed by atoms with Crippen LogP contribution >= 0.6 is 0 Å². The van der Waals surface area contributed by atoms with Crippen molar-refractivity contribution in [2.75, 3.05) is 13.2 Å². The SMILES string of the molecule is N=C1OCCN1N=Cc1ccc([N+](=O)[O-])o1. The average Bonchev–Trinajstić information content (AvgIpc) is 2.83. The highest BCUT2D eigenvalue weighted by Gasteiger charge is 2.17. The molecule has 8 nitrogen and oxygen atoms in total. The molecule has 0 radical (unpaired) electrons. The number of nitrogens with one attached hydrogen (secondary N) is 1. The summed E-state index contributed by atoms with van der Waals surface area (Å²) in [6.45, 7) is 0.895. The van der Waals surface area contributed by atoms with Crippen LogP contribution in [0.2, 0.25) is 0 Å². The van der Waals surface area contributed by atoms with Gasteiger partial charge in [-0.1, -0.05) is 0 Å². The molecule has 0 amide bonds. The second-order valence-corrected chi connectivity index (χ2v) is 2.95. The molecule has 1 aliphatic rings. The zero-order valence-corrected chi connectivity index (χ0v) is 8.12. The first kappa shape index (κ1) is 10.1. The summed E-state index contributed by atoms with van der Waals surface area (Å²) in [5, 5.41) is 22.8. The molecule has 0 aromatic carbocycles. The molecule has 0 saturated carbocycles. The van der Waals surface area contributed by atoms with Crippen LogP contribution in [0.15, 0.2) is 21.7 Å². The summed E-state index contributed by atoms with van der Waals surface area (Å²) in [5.41, 5.74) is 0. The highest BCUT2D eigenvalue weighted by Crippen LogP contribution is 2.14. The number of nitrogens with zero attached hydrogens (tertiary/aromatic N) is 3. The van der Waals surface area contributed by atoms with E-state index in [0.717, 1.165) is 0 Å². The summed E-state index contributed by atoms with van der Waals surface area (Å²) in [5.74, 6) is -0.0828. The van der Waals surface area contributed by atoms with E-state index in [-0.39, 0.29) is 17.7 Å². The van der Waals surface area contributed by atoms with Gasteiger partial charge >= 0.3 is 11.9 Å². The first-order valence-corrected chi connectivity index (χ1v) is 4.44. The van der Waals surface area contributed by atoms with E-state index in [0.29, 0.717) is 13.2 Å². The zero-order chi connectivity index (χ0) is 11.5. The predicted octanol–water partition coefficient (Wildman–Crippen LogP) is 0.789. The van der Waals surface area contributed by atoms with Crippen molar-refractivity contribution in [3.8, 4) is 0 Å². The van der Waals surface area contributed by atoms with Crippen LogP contribution in [0.4, 0.5) is 5.88 Å². The maximum absolute atomic E-state index is 10.3. The van der Waals surface area contributed by atoms with Crippen LogP contribution < -0.4 is 0 Å². The molecule has 0 spiro atoms. The van der Waals surface area contributed by atoms with Gasteiger partial charge in [0, 0.05) is 0 Å². The number of hydrazone groups is 1. The fraction of sp³-hybridized carbons (Fsp3) is 0.250. The lowest BCUT2D eigenvalue weighted by Crippen LogP contribution is -2.18. The van der Waals surface area contributed by atoms with Gasteiger partial charge in [-0.3, -0.25) is 10.1 Å². The lowest BCUT2D eigenvalue weighted by molar-refractivity contribution is -0.402. The third-order valence-corrected chi connectivity index (χ3v) is 1.89. The van der Waals surface area contributed by atoms with Crippen LogP contribution in [0.25, 0.3) is 0 Å². The van der Waals surface area contributed by atoms with E-state index >= 15 is 0 Å². The first-order valence-electron chi connectivity index (χ1n) is 4.44. The average molecular weight is 224 g/mol. The zero-order valence-electron chi connectivity index (χ0n) is 8.12. The van der Waals surface area contributed by atoms with Gasteiger partial charge in [-0.05, 0) is 6.07 Å². The Bertz CT molecular complexity index is 453. The summed E-state index contributed by atoms with van der Waals surface area (Å²) in [6.07, 6.45) is 1.30. The molecule has 0 bridgehead atoms. The highest BCUT2D eigenvalue weighted by atomic mass is 16.6. The van der Waals surface area contributed by atoms with Gasteiger partial charge in [0.15, 0.2) is 5.76 Å². The highest BCUT2D eigenvalue weighted by molar-refractivity contribution is 5.79. The van der Waals surface area contributed by atoms with Gasteiger partial charge in [0.1, 0.15) is 11.5 Å². The smallest absolute Gasteiger partial charge is 0.433 e. The molecule has 0 atom stereocenters. The fourth-order valence-electron chi connectivity index (χ4n) is 1.15. The van der Waals surface area contributed by atoms with E-state index in [1.54, 1.807) is 0 Å². The first-order chi connectivity index (χ1) is 7.66. The van der Waals surface area contributed by atoms with E-state index in [2.05, 4.69) is 5.10 Å². The Morgan fingerprint density at radius 1 is 1.62 bits per heavy atom. The molecule has 16 heavy (non-hydrogen) atoms. The second kappa shape index (κ2) is 4.01. The number of furan rings is 1.